The van der Waals surface area contributed by atoms with Gasteiger partial charge in [0.1, 0.15) is 21.3 Å². The third kappa shape index (κ3) is 4.71. The molecule has 0 saturated carbocycles. The first-order chi connectivity index (χ1) is 15.0. The number of fused-ring (bicyclic) bond motifs is 1. The van der Waals surface area contributed by atoms with Gasteiger partial charge in [0.2, 0.25) is 0 Å². The van der Waals surface area contributed by atoms with Gasteiger partial charge in [-0.2, -0.15) is 0 Å². The lowest BCUT2D eigenvalue weighted by molar-refractivity contribution is 0.0605. The summed E-state index contributed by atoms with van der Waals surface area (Å²) < 4.78 is 4.92. The number of benzene rings is 1. The average molecular weight is 441 g/mol. The van der Waals surface area contributed by atoms with Crippen molar-refractivity contribution in [3.8, 4) is 0 Å². The molecule has 1 aliphatic heterocycles. The maximum Gasteiger partial charge on any atom is 0.348 e. The number of methoxy groups -OCH3 is 1. The number of likely N-dealkylation sites (tertiary alicyclic amines) is 1. The number of hydrogen-bond acceptors (Lipinski definition) is 8. The Hall–Kier alpha value is -2.55. The van der Waals surface area contributed by atoms with Crippen molar-refractivity contribution in [2.75, 3.05) is 25.5 Å². The van der Waals surface area contributed by atoms with E-state index in [2.05, 4.69) is 38.4 Å². The molecular weight excluding hydrogens is 412 g/mol. The lowest BCUT2D eigenvalue weighted by atomic mass is 10.0. The predicted molar refractivity (Wildman–Crippen MR) is 123 cm³/mol. The number of carbonyl (C=O) groups excluding carboxylic acids is 1. The van der Waals surface area contributed by atoms with Crippen LogP contribution in [-0.4, -0.2) is 52.2 Å². The van der Waals surface area contributed by atoms with Crippen molar-refractivity contribution in [2.45, 2.75) is 45.9 Å². The molecule has 1 aliphatic rings. The number of nitrogens with one attached hydrogen (secondary N) is 1. The number of aryl methyl sites for hydroxylation is 2. The zero-order valence-electron chi connectivity index (χ0n) is 18.1. The summed E-state index contributed by atoms with van der Waals surface area (Å²) in [6, 6.07) is 8.41. The van der Waals surface area contributed by atoms with E-state index in [-0.39, 0.29) is 12.1 Å². The number of ether oxygens (including phenoxy) is 1. The molecule has 164 valence electrons. The van der Waals surface area contributed by atoms with E-state index < -0.39 is 0 Å². The van der Waals surface area contributed by atoms with Gasteiger partial charge in [-0.05, 0) is 43.4 Å². The second-order valence-corrected chi connectivity index (χ2v) is 8.98. The maximum absolute atomic E-state index is 12.1. The Balaban J connectivity index is 1.57. The highest BCUT2D eigenvalue weighted by Gasteiger charge is 2.21. The summed E-state index contributed by atoms with van der Waals surface area (Å²) in [6.45, 7) is 7.09. The first-order valence-electron chi connectivity index (χ1n) is 10.5. The van der Waals surface area contributed by atoms with Crippen LogP contribution >= 0.6 is 11.3 Å². The summed E-state index contributed by atoms with van der Waals surface area (Å²) in [6.07, 6.45) is 1.50. The van der Waals surface area contributed by atoms with Crippen LogP contribution in [0.5, 0.6) is 0 Å². The Morgan fingerprint density at radius 3 is 2.65 bits per heavy atom. The number of aliphatic hydroxyl groups is 1. The van der Waals surface area contributed by atoms with Crippen molar-refractivity contribution in [2.24, 2.45) is 0 Å². The van der Waals surface area contributed by atoms with E-state index in [0.29, 0.717) is 17.2 Å². The SMILES string of the molecule is COC(=O)c1sc2nc(C)nc(NCc3ccccc3CN3CCC(O)CC3)c2c1C. The lowest BCUT2D eigenvalue weighted by Crippen LogP contribution is -2.35. The summed E-state index contributed by atoms with van der Waals surface area (Å²) in [4.78, 5) is 25.0. The summed E-state index contributed by atoms with van der Waals surface area (Å²) in [5.41, 5.74) is 3.32. The summed E-state index contributed by atoms with van der Waals surface area (Å²) in [7, 11) is 1.39. The van der Waals surface area contributed by atoms with Crippen LogP contribution < -0.4 is 5.32 Å². The topological polar surface area (TPSA) is 87.6 Å². The zero-order valence-corrected chi connectivity index (χ0v) is 19.0. The van der Waals surface area contributed by atoms with Gasteiger partial charge in [-0.25, -0.2) is 14.8 Å². The zero-order chi connectivity index (χ0) is 22.0. The largest absolute Gasteiger partial charge is 0.465 e. The smallest absolute Gasteiger partial charge is 0.348 e. The Kier molecular flexibility index (Phi) is 6.50. The second-order valence-electron chi connectivity index (χ2n) is 7.98. The van der Waals surface area contributed by atoms with E-state index in [1.807, 2.05) is 19.9 Å². The fraction of sp³-hybridized carbons (Fsp3) is 0.435. The van der Waals surface area contributed by atoms with Gasteiger partial charge in [0, 0.05) is 26.2 Å². The van der Waals surface area contributed by atoms with Gasteiger partial charge in [-0.15, -0.1) is 11.3 Å². The molecular formula is C23H28N4O3S. The highest BCUT2D eigenvalue weighted by atomic mass is 32.1. The Bertz CT molecular complexity index is 1090. The van der Waals surface area contributed by atoms with Crippen LogP contribution in [0.1, 0.15) is 45.0 Å². The minimum absolute atomic E-state index is 0.166. The maximum atomic E-state index is 12.1. The van der Waals surface area contributed by atoms with Crippen LogP contribution in [0.3, 0.4) is 0 Å². The number of piperidine rings is 1. The summed E-state index contributed by atoms with van der Waals surface area (Å²) >= 11 is 1.34. The molecule has 1 aromatic carbocycles. The Morgan fingerprint density at radius 2 is 1.94 bits per heavy atom. The molecule has 4 rings (SSSR count). The third-order valence-corrected chi connectivity index (χ3v) is 6.95. The average Bonchev–Trinajstić information content (AvgIpc) is 3.10. The number of aliphatic hydroxyl groups excluding tert-OH is 1. The molecule has 0 amide bonds. The van der Waals surface area contributed by atoms with Gasteiger partial charge in [-0.1, -0.05) is 24.3 Å². The fourth-order valence-electron chi connectivity index (χ4n) is 4.04. The molecule has 0 atom stereocenters. The van der Waals surface area contributed by atoms with Gasteiger partial charge in [0.25, 0.3) is 0 Å². The van der Waals surface area contributed by atoms with Crippen LogP contribution in [0, 0.1) is 13.8 Å². The van der Waals surface area contributed by atoms with Crippen molar-refractivity contribution < 1.29 is 14.6 Å². The van der Waals surface area contributed by atoms with E-state index in [0.717, 1.165) is 54.1 Å². The van der Waals surface area contributed by atoms with Gasteiger partial charge in [0.15, 0.2) is 0 Å². The van der Waals surface area contributed by atoms with Crippen molar-refractivity contribution in [3.05, 3.63) is 51.7 Å². The molecule has 2 aromatic heterocycles. The number of rotatable bonds is 6. The molecule has 3 aromatic rings. The van der Waals surface area contributed by atoms with E-state index in [1.54, 1.807) is 0 Å². The monoisotopic (exact) mass is 440 g/mol. The van der Waals surface area contributed by atoms with Crippen molar-refractivity contribution >= 4 is 33.3 Å². The number of nitrogens with zero attached hydrogens (tertiary/aromatic N) is 3. The van der Waals surface area contributed by atoms with Crippen LogP contribution in [0.4, 0.5) is 5.82 Å². The van der Waals surface area contributed by atoms with Crippen LogP contribution in [0.2, 0.25) is 0 Å². The number of esters is 1. The van der Waals surface area contributed by atoms with Gasteiger partial charge in [0.05, 0.1) is 18.6 Å². The van der Waals surface area contributed by atoms with Gasteiger partial charge in [-0.3, -0.25) is 4.90 Å². The number of aromatic nitrogens is 2. The Morgan fingerprint density at radius 1 is 1.23 bits per heavy atom. The number of carbonyl (C=O) groups is 1. The molecule has 7 nitrogen and oxygen atoms in total. The molecule has 0 radical (unpaired) electrons. The van der Waals surface area contributed by atoms with Crippen molar-refractivity contribution in [1.29, 1.82) is 0 Å². The standard InChI is InChI=1S/C23H28N4O3S/c1-14-19-21(25-15(2)26-22(19)31-20(14)23(29)30-3)24-12-16-6-4-5-7-17(16)13-27-10-8-18(28)9-11-27/h4-7,18,28H,8-13H2,1-3H3,(H,24,25,26). The molecule has 0 bridgehead atoms. The van der Waals surface area contributed by atoms with Gasteiger partial charge < -0.3 is 15.2 Å². The minimum Gasteiger partial charge on any atom is -0.465 e. The van der Waals surface area contributed by atoms with E-state index >= 15 is 0 Å². The fourth-order valence-corrected chi connectivity index (χ4v) is 5.19. The highest BCUT2D eigenvalue weighted by molar-refractivity contribution is 7.20. The highest BCUT2D eigenvalue weighted by Crippen LogP contribution is 2.34. The third-order valence-electron chi connectivity index (χ3n) is 5.79. The molecule has 0 unspecified atom stereocenters. The first kappa shape index (κ1) is 21.7. The molecule has 0 aliphatic carbocycles. The lowest BCUT2D eigenvalue weighted by Gasteiger charge is -2.30. The molecule has 0 spiro atoms. The van der Waals surface area contributed by atoms with Crippen molar-refractivity contribution in [1.82, 2.24) is 14.9 Å². The molecule has 2 N–H and O–H groups in total. The van der Waals surface area contributed by atoms with E-state index in [4.69, 9.17) is 4.74 Å². The minimum atomic E-state index is -0.346. The molecule has 3 heterocycles. The number of thiophene rings is 1. The quantitative estimate of drug-likeness (QED) is 0.566. The normalized spacial score (nSPS) is 15.4. The second kappa shape index (κ2) is 9.30. The van der Waals surface area contributed by atoms with Crippen LogP contribution in [0.15, 0.2) is 24.3 Å². The number of anilines is 1. The van der Waals surface area contributed by atoms with E-state index in [1.165, 1.54) is 29.6 Å². The van der Waals surface area contributed by atoms with Gasteiger partial charge >= 0.3 is 5.97 Å². The van der Waals surface area contributed by atoms with E-state index in [9.17, 15) is 9.90 Å². The first-order valence-corrected chi connectivity index (χ1v) is 11.3. The van der Waals surface area contributed by atoms with Crippen LogP contribution in [0.25, 0.3) is 10.2 Å². The molecule has 31 heavy (non-hydrogen) atoms. The molecule has 1 saturated heterocycles. The summed E-state index contributed by atoms with van der Waals surface area (Å²) in [5.74, 6) is 1.05. The summed E-state index contributed by atoms with van der Waals surface area (Å²) in [5, 5.41) is 14.1. The molecule has 1 fully saturated rings. The Labute approximate surface area is 186 Å². The number of hydrogen-bond donors (Lipinski definition) is 2. The molecule has 8 heteroatoms. The van der Waals surface area contributed by atoms with Crippen LogP contribution in [-0.2, 0) is 17.8 Å². The van der Waals surface area contributed by atoms with Crippen molar-refractivity contribution in [3.63, 3.8) is 0 Å². The predicted octanol–water partition coefficient (Wildman–Crippen LogP) is 3.66.